The van der Waals surface area contributed by atoms with Gasteiger partial charge in [-0.1, -0.05) is 32.9 Å². The molecule has 0 spiro atoms. The lowest BCUT2D eigenvalue weighted by atomic mass is 9.92. The minimum Gasteiger partial charge on any atom is -0.307 e. The van der Waals surface area contributed by atoms with Gasteiger partial charge < -0.3 is 4.98 Å². The Hall–Kier alpha value is -1.84. The number of aromatic nitrogens is 2. The smallest absolute Gasteiger partial charge is 0.307 e. The molecule has 0 amide bonds. The quantitative estimate of drug-likeness (QED) is 0.882. The van der Waals surface area contributed by atoms with Crippen LogP contribution in [0.4, 0.5) is 0 Å². The van der Waals surface area contributed by atoms with Crippen LogP contribution >= 0.6 is 0 Å². The van der Waals surface area contributed by atoms with Crippen molar-refractivity contribution in [3.63, 3.8) is 0 Å². The number of rotatable bonds is 2. The highest BCUT2D eigenvalue weighted by molar-refractivity contribution is 5.76. The number of benzene rings is 1. The van der Waals surface area contributed by atoms with E-state index in [9.17, 15) is 9.59 Å². The van der Waals surface area contributed by atoms with Gasteiger partial charge in [-0.15, -0.1) is 0 Å². The van der Waals surface area contributed by atoms with Crippen LogP contribution in [0.2, 0.25) is 0 Å². The first-order chi connectivity index (χ1) is 8.38. The van der Waals surface area contributed by atoms with E-state index < -0.39 is 0 Å². The predicted molar refractivity (Wildman–Crippen MR) is 72.9 cm³/mol. The monoisotopic (exact) mass is 246 g/mol. The second-order valence-electron chi connectivity index (χ2n) is 5.74. The summed E-state index contributed by atoms with van der Waals surface area (Å²) in [4.78, 5) is 26.8. The molecule has 2 aromatic rings. The molecule has 4 nitrogen and oxygen atoms in total. The van der Waals surface area contributed by atoms with Gasteiger partial charge in [0.05, 0.1) is 10.9 Å². The maximum absolute atomic E-state index is 12.2. The topological polar surface area (TPSA) is 54.9 Å². The van der Waals surface area contributed by atoms with Crippen molar-refractivity contribution < 1.29 is 0 Å². The van der Waals surface area contributed by atoms with Crippen molar-refractivity contribution in [3.8, 4) is 0 Å². The predicted octanol–water partition coefficient (Wildman–Crippen LogP) is 2.13. The van der Waals surface area contributed by atoms with E-state index in [2.05, 4.69) is 25.8 Å². The summed E-state index contributed by atoms with van der Waals surface area (Å²) in [5, 5.41) is 0.561. The second kappa shape index (κ2) is 4.44. The van der Waals surface area contributed by atoms with E-state index in [1.165, 1.54) is 4.57 Å². The largest absolute Gasteiger partial charge is 0.328 e. The Morgan fingerprint density at radius 2 is 1.83 bits per heavy atom. The Morgan fingerprint density at radius 3 is 2.50 bits per heavy atom. The number of H-pyrrole nitrogens is 1. The first kappa shape index (κ1) is 12.6. The standard InChI is InChI=1S/C14H18N2O2/c1-14(2,3)8-9-16-12(17)10-6-4-5-7-11(10)15-13(16)18/h4-7H,8-9H2,1-3H3,(H,15,18). The number of nitrogens with one attached hydrogen (secondary N) is 1. The Kier molecular flexibility index (Phi) is 3.11. The Morgan fingerprint density at radius 1 is 1.17 bits per heavy atom. The summed E-state index contributed by atoms with van der Waals surface area (Å²) < 4.78 is 1.29. The van der Waals surface area contributed by atoms with Crippen molar-refractivity contribution in [2.45, 2.75) is 33.7 Å². The van der Waals surface area contributed by atoms with E-state index in [4.69, 9.17) is 0 Å². The van der Waals surface area contributed by atoms with Gasteiger partial charge >= 0.3 is 5.69 Å². The molecule has 0 bridgehead atoms. The summed E-state index contributed by atoms with van der Waals surface area (Å²) in [5.74, 6) is 0. The molecule has 0 unspecified atom stereocenters. The summed E-state index contributed by atoms with van der Waals surface area (Å²) in [5.41, 5.74) is 0.151. The average molecular weight is 246 g/mol. The van der Waals surface area contributed by atoms with Crippen molar-refractivity contribution in [1.29, 1.82) is 0 Å². The number of nitrogens with zero attached hydrogens (tertiary/aromatic N) is 1. The van der Waals surface area contributed by atoms with Crippen LogP contribution in [0.3, 0.4) is 0 Å². The molecule has 0 aliphatic rings. The molecule has 1 N–H and O–H groups in total. The zero-order valence-electron chi connectivity index (χ0n) is 11.0. The Labute approximate surface area is 105 Å². The van der Waals surface area contributed by atoms with Gasteiger partial charge in [0.1, 0.15) is 0 Å². The molecular weight excluding hydrogens is 228 g/mol. The molecule has 96 valence electrons. The van der Waals surface area contributed by atoms with Crippen molar-refractivity contribution >= 4 is 10.9 Å². The number of para-hydroxylation sites is 1. The molecule has 1 heterocycles. The van der Waals surface area contributed by atoms with Crippen LogP contribution in [0, 0.1) is 5.41 Å². The van der Waals surface area contributed by atoms with Crippen LogP contribution < -0.4 is 11.2 Å². The lowest BCUT2D eigenvalue weighted by Crippen LogP contribution is -2.36. The van der Waals surface area contributed by atoms with Gasteiger partial charge in [-0.05, 0) is 24.0 Å². The first-order valence-corrected chi connectivity index (χ1v) is 6.10. The maximum atomic E-state index is 12.2. The van der Waals surface area contributed by atoms with Crippen molar-refractivity contribution in [1.82, 2.24) is 9.55 Å². The van der Waals surface area contributed by atoms with Gasteiger partial charge in [-0.2, -0.15) is 0 Å². The van der Waals surface area contributed by atoms with Crippen LogP contribution in [0.5, 0.6) is 0 Å². The molecule has 0 saturated heterocycles. The Balaban J connectivity index is 2.52. The molecule has 0 radical (unpaired) electrons. The number of hydrogen-bond donors (Lipinski definition) is 1. The van der Waals surface area contributed by atoms with E-state index in [0.717, 1.165) is 6.42 Å². The number of hydrogen-bond acceptors (Lipinski definition) is 2. The van der Waals surface area contributed by atoms with E-state index in [1.54, 1.807) is 24.3 Å². The fourth-order valence-electron chi connectivity index (χ4n) is 1.85. The Bertz CT molecular complexity index is 674. The molecule has 0 aliphatic heterocycles. The summed E-state index contributed by atoms with van der Waals surface area (Å²) in [6.45, 7) is 6.72. The van der Waals surface area contributed by atoms with Crippen molar-refractivity contribution in [3.05, 3.63) is 45.1 Å². The molecule has 2 rings (SSSR count). The number of fused-ring (bicyclic) bond motifs is 1. The molecule has 0 aliphatic carbocycles. The third-order valence-corrected chi connectivity index (χ3v) is 2.97. The maximum Gasteiger partial charge on any atom is 0.328 e. The van der Waals surface area contributed by atoms with Crippen LogP contribution in [-0.4, -0.2) is 9.55 Å². The second-order valence-corrected chi connectivity index (χ2v) is 5.74. The van der Waals surface area contributed by atoms with Gasteiger partial charge in [0.25, 0.3) is 5.56 Å². The van der Waals surface area contributed by atoms with Crippen LogP contribution in [-0.2, 0) is 6.54 Å². The average Bonchev–Trinajstić information content (AvgIpc) is 2.27. The highest BCUT2D eigenvalue weighted by Crippen LogP contribution is 2.18. The molecule has 4 heteroatoms. The van der Waals surface area contributed by atoms with E-state index >= 15 is 0 Å². The minimum absolute atomic E-state index is 0.0948. The zero-order valence-corrected chi connectivity index (χ0v) is 11.0. The molecule has 0 atom stereocenters. The van der Waals surface area contributed by atoms with Crippen LogP contribution in [0.1, 0.15) is 27.2 Å². The van der Waals surface area contributed by atoms with Gasteiger partial charge in [0, 0.05) is 6.54 Å². The molecule has 1 aromatic heterocycles. The summed E-state index contributed by atoms with van der Waals surface area (Å²) in [7, 11) is 0. The third-order valence-electron chi connectivity index (χ3n) is 2.97. The lowest BCUT2D eigenvalue weighted by Gasteiger charge is -2.18. The van der Waals surface area contributed by atoms with Crippen LogP contribution in [0.15, 0.2) is 33.9 Å². The molecular formula is C14H18N2O2. The fraction of sp³-hybridized carbons (Fsp3) is 0.429. The molecule has 1 aromatic carbocycles. The minimum atomic E-state index is -0.331. The van der Waals surface area contributed by atoms with E-state index in [1.807, 2.05) is 0 Å². The summed E-state index contributed by atoms with van der Waals surface area (Å²) in [6, 6.07) is 7.08. The molecule has 18 heavy (non-hydrogen) atoms. The highest BCUT2D eigenvalue weighted by atomic mass is 16.2. The SMILES string of the molecule is CC(C)(C)CCn1c(=O)[nH]c2ccccc2c1=O. The first-order valence-electron chi connectivity index (χ1n) is 6.10. The van der Waals surface area contributed by atoms with Gasteiger partial charge in [-0.25, -0.2) is 4.79 Å². The molecule has 0 fully saturated rings. The molecule has 0 saturated carbocycles. The fourth-order valence-corrected chi connectivity index (χ4v) is 1.85. The summed E-state index contributed by atoms with van der Waals surface area (Å²) >= 11 is 0. The van der Waals surface area contributed by atoms with Gasteiger partial charge in [0.15, 0.2) is 0 Å². The third kappa shape index (κ3) is 2.53. The van der Waals surface area contributed by atoms with Gasteiger partial charge in [0.2, 0.25) is 0 Å². The van der Waals surface area contributed by atoms with Crippen molar-refractivity contribution in [2.24, 2.45) is 5.41 Å². The normalized spacial score (nSPS) is 11.9. The van der Waals surface area contributed by atoms with Crippen molar-refractivity contribution in [2.75, 3.05) is 0 Å². The van der Waals surface area contributed by atoms with E-state index in [-0.39, 0.29) is 16.7 Å². The lowest BCUT2D eigenvalue weighted by molar-refractivity contribution is 0.344. The van der Waals surface area contributed by atoms with Crippen LogP contribution in [0.25, 0.3) is 10.9 Å². The van der Waals surface area contributed by atoms with Gasteiger partial charge in [-0.3, -0.25) is 9.36 Å². The highest BCUT2D eigenvalue weighted by Gasteiger charge is 2.13. The number of aromatic amines is 1. The zero-order chi connectivity index (χ0) is 13.3. The summed E-state index contributed by atoms with van der Waals surface area (Å²) in [6.07, 6.45) is 0.786. The van der Waals surface area contributed by atoms with E-state index in [0.29, 0.717) is 17.4 Å².